The van der Waals surface area contributed by atoms with Crippen LogP contribution in [0.5, 0.6) is 0 Å². The summed E-state index contributed by atoms with van der Waals surface area (Å²) in [5.41, 5.74) is 4.40. The van der Waals surface area contributed by atoms with Crippen LogP contribution in [0.15, 0.2) is 83.8 Å². The molecule has 0 aromatic heterocycles. The Morgan fingerprint density at radius 1 is 0.829 bits per heavy atom. The fourth-order valence-electron chi connectivity index (χ4n) is 3.73. The lowest BCUT2D eigenvalue weighted by molar-refractivity contribution is -0.139. The zero-order chi connectivity index (χ0) is 25.2. The molecule has 0 bridgehead atoms. The molecule has 3 aromatic carbocycles. The van der Waals surface area contributed by atoms with E-state index in [2.05, 4.69) is 31.3 Å². The lowest BCUT2D eigenvalue weighted by Crippen LogP contribution is -2.51. The Balaban J connectivity index is 1.88. The Hall–Kier alpha value is -3.05. The Morgan fingerprint density at radius 2 is 1.43 bits per heavy atom. The van der Waals surface area contributed by atoms with E-state index < -0.39 is 6.04 Å². The highest BCUT2D eigenvalue weighted by atomic mass is 32.2. The number of carbonyl (C=O) groups is 2. The van der Waals surface area contributed by atoms with Crippen LogP contribution in [0.25, 0.3) is 0 Å². The van der Waals surface area contributed by atoms with Gasteiger partial charge in [0, 0.05) is 24.4 Å². The summed E-state index contributed by atoms with van der Waals surface area (Å²) >= 11 is 1.51. The van der Waals surface area contributed by atoms with Crippen molar-refractivity contribution in [1.29, 1.82) is 0 Å². The molecule has 1 N–H and O–H groups in total. The van der Waals surface area contributed by atoms with E-state index in [1.807, 2.05) is 80.6 Å². The summed E-state index contributed by atoms with van der Waals surface area (Å²) in [6, 6.07) is 25.7. The van der Waals surface area contributed by atoms with E-state index in [0.717, 1.165) is 21.6 Å². The van der Waals surface area contributed by atoms with Crippen molar-refractivity contribution < 1.29 is 9.59 Å². The van der Waals surface area contributed by atoms with Gasteiger partial charge in [0.25, 0.3) is 0 Å². The van der Waals surface area contributed by atoms with Crippen LogP contribution in [0.3, 0.4) is 0 Å². The van der Waals surface area contributed by atoms with Crippen LogP contribution in [-0.2, 0) is 22.6 Å². The average molecular weight is 489 g/mol. The maximum absolute atomic E-state index is 13.7. The summed E-state index contributed by atoms with van der Waals surface area (Å²) in [4.78, 5) is 29.9. The second-order valence-corrected chi connectivity index (χ2v) is 10.5. The molecule has 4 nitrogen and oxygen atoms in total. The van der Waals surface area contributed by atoms with E-state index >= 15 is 0 Å². The molecule has 2 amide bonds. The van der Waals surface area contributed by atoms with Gasteiger partial charge in [0.1, 0.15) is 6.04 Å². The molecule has 0 unspecified atom stereocenters. The number of nitrogens with one attached hydrogen (secondary N) is 1. The normalized spacial score (nSPS) is 11.8. The number of aryl methyl sites for hydroxylation is 2. The lowest BCUT2D eigenvalue weighted by Gasteiger charge is -2.32. The maximum atomic E-state index is 13.7. The van der Waals surface area contributed by atoms with Gasteiger partial charge in [-0.2, -0.15) is 0 Å². The molecule has 0 heterocycles. The van der Waals surface area contributed by atoms with Gasteiger partial charge in [0.15, 0.2) is 0 Å². The van der Waals surface area contributed by atoms with Gasteiger partial charge >= 0.3 is 0 Å². The molecule has 0 aliphatic rings. The first-order valence-electron chi connectivity index (χ1n) is 12.2. The number of thioether (sulfide) groups is 1. The first-order chi connectivity index (χ1) is 16.8. The van der Waals surface area contributed by atoms with Crippen molar-refractivity contribution in [3.63, 3.8) is 0 Å². The highest BCUT2D eigenvalue weighted by Crippen LogP contribution is 2.22. The van der Waals surface area contributed by atoms with Gasteiger partial charge in [0.2, 0.25) is 11.8 Å². The smallest absolute Gasteiger partial charge is 0.243 e. The Labute approximate surface area is 214 Å². The molecule has 0 aliphatic carbocycles. The van der Waals surface area contributed by atoms with E-state index in [1.54, 1.807) is 4.90 Å². The largest absolute Gasteiger partial charge is 0.354 e. The molecule has 0 fully saturated rings. The monoisotopic (exact) mass is 488 g/mol. The van der Waals surface area contributed by atoms with Crippen LogP contribution in [-0.4, -0.2) is 35.1 Å². The summed E-state index contributed by atoms with van der Waals surface area (Å²) < 4.78 is 0. The van der Waals surface area contributed by atoms with Crippen LogP contribution in [0.1, 0.15) is 36.1 Å². The molecular weight excluding hydrogens is 452 g/mol. The Kier molecular flexibility index (Phi) is 9.98. The summed E-state index contributed by atoms with van der Waals surface area (Å²) in [5.74, 6) is 0.451. The van der Waals surface area contributed by atoms with E-state index in [0.29, 0.717) is 25.4 Å². The highest BCUT2D eigenvalue weighted by molar-refractivity contribution is 8.00. The Morgan fingerprint density at radius 3 is 2.03 bits per heavy atom. The molecule has 0 saturated carbocycles. The quantitative estimate of drug-likeness (QED) is 0.347. The van der Waals surface area contributed by atoms with Crippen molar-refractivity contribution >= 4 is 23.6 Å². The number of hydrogen-bond donors (Lipinski definition) is 1. The van der Waals surface area contributed by atoms with E-state index in [-0.39, 0.29) is 17.6 Å². The predicted molar refractivity (Wildman–Crippen MR) is 145 cm³/mol. The molecule has 5 heteroatoms. The summed E-state index contributed by atoms with van der Waals surface area (Å²) in [6.07, 6.45) is 0.470. The van der Waals surface area contributed by atoms with Gasteiger partial charge in [0.05, 0.1) is 5.75 Å². The molecule has 0 saturated heterocycles. The number of carbonyl (C=O) groups excluding carboxylic acids is 2. The third-order valence-electron chi connectivity index (χ3n) is 5.81. The first-order valence-corrected chi connectivity index (χ1v) is 13.2. The summed E-state index contributed by atoms with van der Waals surface area (Å²) in [6.45, 7) is 9.20. The molecular formula is C30H36N2O2S. The second-order valence-electron chi connectivity index (χ2n) is 9.45. The lowest BCUT2D eigenvalue weighted by atomic mass is 10.0. The fourth-order valence-corrected chi connectivity index (χ4v) is 4.51. The first kappa shape index (κ1) is 26.6. The summed E-state index contributed by atoms with van der Waals surface area (Å²) in [7, 11) is 0. The standard InChI is InChI=1S/C30H36N2O2S/c1-22(2)19-31-30(34)28(18-25-8-6-5-7-9-25)32(20-26-14-10-23(3)11-15-26)29(33)21-35-27-16-12-24(4)13-17-27/h5-17,22,28H,18-21H2,1-4H3,(H,31,34)/t28-/m0/s1. The molecule has 1 atom stereocenters. The van der Waals surface area contributed by atoms with Crippen LogP contribution in [0.2, 0.25) is 0 Å². The molecule has 0 spiro atoms. The van der Waals surface area contributed by atoms with Crippen LogP contribution in [0.4, 0.5) is 0 Å². The Bertz CT molecular complexity index is 1080. The maximum Gasteiger partial charge on any atom is 0.243 e. The van der Waals surface area contributed by atoms with Crippen molar-refractivity contribution in [2.75, 3.05) is 12.3 Å². The van der Waals surface area contributed by atoms with Crippen LogP contribution in [0, 0.1) is 19.8 Å². The van der Waals surface area contributed by atoms with Crippen molar-refractivity contribution in [3.05, 3.63) is 101 Å². The molecule has 0 radical (unpaired) electrons. The van der Waals surface area contributed by atoms with E-state index in [4.69, 9.17) is 0 Å². The van der Waals surface area contributed by atoms with E-state index in [9.17, 15) is 9.59 Å². The number of amides is 2. The molecule has 3 rings (SSSR count). The molecule has 35 heavy (non-hydrogen) atoms. The van der Waals surface area contributed by atoms with Gasteiger partial charge in [-0.1, -0.05) is 91.7 Å². The predicted octanol–water partition coefficient (Wildman–Crippen LogP) is 5.81. The number of hydrogen-bond acceptors (Lipinski definition) is 3. The highest BCUT2D eigenvalue weighted by Gasteiger charge is 2.30. The van der Waals surface area contributed by atoms with Gasteiger partial charge in [-0.15, -0.1) is 11.8 Å². The van der Waals surface area contributed by atoms with Crippen molar-refractivity contribution in [1.82, 2.24) is 10.2 Å². The fraction of sp³-hybridized carbons (Fsp3) is 0.333. The van der Waals surface area contributed by atoms with Crippen molar-refractivity contribution in [2.45, 2.75) is 51.6 Å². The van der Waals surface area contributed by atoms with E-state index in [1.165, 1.54) is 17.3 Å². The zero-order valence-electron chi connectivity index (χ0n) is 21.2. The zero-order valence-corrected chi connectivity index (χ0v) is 22.0. The minimum absolute atomic E-state index is 0.0446. The van der Waals surface area contributed by atoms with Gasteiger partial charge in [-0.3, -0.25) is 9.59 Å². The SMILES string of the molecule is Cc1ccc(CN(C(=O)CSc2ccc(C)cc2)[C@@H](Cc2ccccc2)C(=O)NCC(C)C)cc1. The minimum Gasteiger partial charge on any atom is -0.354 e. The van der Waals surface area contributed by atoms with Crippen molar-refractivity contribution in [2.24, 2.45) is 5.92 Å². The van der Waals surface area contributed by atoms with Crippen LogP contribution >= 0.6 is 11.8 Å². The number of benzene rings is 3. The third-order valence-corrected chi connectivity index (χ3v) is 6.81. The number of rotatable bonds is 11. The minimum atomic E-state index is -0.594. The molecule has 184 valence electrons. The van der Waals surface area contributed by atoms with Crippen molar-refractivity contribution in [3.8, 4) is 0 Å². The van der Waals surface area contributed by atoms with Crippen LogP contribution < -0.4 is 5.32 Å². The molecule has 3 aromatic rings. The average Bonchev–Trinajstić information content (AvgIpc) is 2.86. The van der Waals surface area contributed by atoms with Gasteiger partial charge < -0.3 is 10.2 Å². The van der Waals surface area contributed by atoms with Gasteiger partial charge in [-0.25, -0.2) is 0 Å². The molecule has 0 aliphatic heterocycles. The third kappa shape index (κ3) is 8.59. The van der Waals surface area contributed by atoms with Gasteiger partial charge in [-0.05, 0) is 43.0 Å². The number of nitrogens with zero attached hydrogens (tertiary/aromatic N) is 1. The second kappa shape index (κ2) is 13.1. The topological polar surface area (TPSA) is 49.4 Å². The summed E-state index contributed by atoms with van der Waals surface area (Å²) in [5, 5.41) is 3.07.